The van der Waals surface area contributed by atoms with Gasteiger partial charge in [0.25, 0.3) is 0 Å². The van der Waals surface area contributed by atoms with Gasteiger partial charge in [-0.1, -0.05) is 365 Å². The summed E-state index contributed by atoms with van der Waals surface area (Å²) in [5.74, 6) is -2.16. The Bertz CT molecular complexity index is 2170. The van der Waals surface area contributed by atoms with Crippen LogP contribution in [0.3, 0.4) is 0 Å². The fraction of sp³-hybridized carbons (Fsp3) is 0.860. The predicted molar refractivity (Wildman–Crippen MR) is 432 cm³/mol. The van der Waals surface area contributed by atoms with E-state index < -0.39 is 97.5 Å². The van der Waals surface area contributed by atoms with Crippen LogP contribution in [-0.2, 0) is 65.4 Å². The molecule has 0 saturated carbocycles. The van der Waals surface area contributed by atoms with Crippen LogP contribution in [0.25, 0.3) is 0 Å². The first kappa shape index (κ1) is 102. The van der Waals surface area contributed by atoms with Gasteiger partial charge >= 0.3 is 39.5 Å². The number of allylic oxidation sites excluding steroid dienone is 8. The van der Waals surface area contributed by atoms with Crippen LogP contribution in [0.4, 0.5) is 0 Å². The number of phosphoric ester groups is 2. The Morgan fingerprint density at radius 1 is 0.267 bits per heavy atom. The van der Waals surface area contributed by atoms with Gasteiger partial charge in [0.2, 0.25) is 0 Å². The number of rotatable bonds is 83. The van der Waals surface area contributed by atoms with E-state index in [1.54, 1.807) is 0 Å². The molecule has 0 radical (unpaired) electrons. The van der Waals surface area contributed by atoms with E-state index in [2.05, 4.69) is 76.3 Å². The number of ether oxygens (including phenoxy) is 4. The predicted octanol–water partition coefficient (Wildman–Crippen LogP) is 25.6. The van der Waals surface area contributed by atoms with Gasteiger partial charge in [-0.05, 0) is 77.0 Å². The zero-order valence-corrected chi connectivity index (χ0v) is 69.5. The van der Waals surface area contributed by atoms with Crippen molar-refractivity contribution in [1.82, 2.24) is 0 Å². The molecule has 0 fully saturated rings. The summed E-state index contributed by atoms with van der Waals surface area (Å²) in [4.78, 5) is 73.2. The van der Waals surface area contributed by atoms with E-state index in [4.69, 9.17) is 37.0 Å². The average molecular weight is 1530 g/mol. The largest absolute Gasteiger partial charge is 0.472 e. The summed E-state index contributed by atoms with van der Waals surface area (Å²) in [5.41, 5.74) is 0. The summed E-state index contributed by atoms with van der Waals surface area (Å²) < 4.78 is 68.8. The second-order valence-corrected chi connectivity index (χ2v) is 32.5. The van der Waals surface area contributed by atoms with Crippen molar-refractivity contribution >= 4 is 39.5 Å². The molecule has 3 N–H and O–H groups in total. The van der Waals surface area contributed by atoms with Crippen molar-refractivity contribution in [3.05, 3.63) is 48.6 Å². The molecule has 0 aromatic heterocycles. The second kappa shape index (κ2) is 79.1. The number of hydrogen-bond donors (Lipinski definition) is 3. The molecule has 0 aliphatic carbocycles. The molecule has 17 nitrogen and oxygen atoms in total. The topological polar surface area (TPSA) is 237 Å². The molecule has 0 aromatic rings. The van der Waals surface area contributed by atoms with Crippen LogP contribution < -0.4 is 0 Å². The first-order valence-electron chi connectivity index (χ1n) is 43.4. The molecule has 0 rings (SSSR count). The van der Waals surface area contributed by atoms with Gasteiger partial charge in [0.15, 0.2) is 12.2 Å². The smallest absolute Gasteiger partial charge is 0.462 e. The molecular formula is C86H160O17P2. The Morgan fingerprint density at radius 2 is 0.457 bits per heavy atom. The van der Waals surface area contributed by atoms with E-state index in [0.717, 1.165) is 122 Å². The minimum Gasteiger partial charge on any atom is -0.462 e. The fourth-order valence-electron chi connectivity index (χ4n) is 12.4. The number of aliphatic hydroxyl groups excluding tert-OH is 1. The normalized spacial score (nSPS) is 14.0. The zero-order valence-electron chi connectivity index (χ0n) is 67.7. The average Bonchev–Trinajstić information content (AvgIpc) is 1.02. The monoisotopic (exact) mass is 1530 g/mol. The molecule has 0 bridgehead atoms. The molecule has 105 heavy (non-hydrogen) atoms. The third kappa shape index (κ3) is 78.9. The summed E-state index contributed by atoms with van der Waals surface area (Å²) in [6, 6.07) is 0. The van der Waals surface area contributed by atoms with Crippen LogP contribution >= 0.6 is 15.6 Å². The van der Waals surface area contributed by atoms with Gasteiger partial charge in [0.1, 0.15) is 19.3 Å². The van der Waals surface area contributed by atoms with Gasteiger partial charge in [-0.25, -0.2) is 9.13 Å². The number of phosphoric acid groups is 2. The van der Waals surface area contributed by atoms with Gasteiger partial charge in [-0.15, -0.1) is 0 Å². The summed E-state index contributed by atoms with van der Waals surface area (Å²) in [5, 5.41) is 10.7. The van der Waals surface area contributed by atoms with E-state index in [-0.39, 0.29) is 25.7 Å². The minimum absolute atomic E-state index is 0.0837. The van der Waals surface area contributed by atoms with Crippen molar-refractivity contribution in [2.45, 2.75) is 438 Å². The van der Waals surface area contributed by atoms with Gasteiger partial charge in [0.05, 0.1) is 26.4 Å². The van der Waals surface area contributed by atoms with Crippen LogP contribution in [0, 0.1) is 0 Å². The Balaban J connectivity index is 5.29. The van der Waals surface area contributed by atoms with Gasteiger partial charge in [0, 0.05) is 25.7 Å². The van der Waals surface area contributed by atoms with E-state index in [0.29, 0.717) is 25.7 Å². The highest BCUT2D eigenvalue weighted by atomic mass is 31.2. The molecule has 616 valence electrons. The van der Waals surface area contributed by atoms with Crippen molar-refractivity contribution in [2.24, 2.45) is 0 Å². The molecule has 0 spiro atoms. The van der Waals surface area contributed by atoms with Gasteiger partial charge in [-0.3, -0.25) is 37.3 Å². The first-order chi connectivity index (χ1) is 51.2. The molecule has 0 amide bonds. The Kier molecular flexibility index (Phi) is 76.9. The standard InChI is InChI=1S/C86H160O17P2/c1-5-9-13-17-21-25-29-33-36-37-38-39-40-41-42-45-49-53-57-61-65-69-73-86(91)103-82(77-97-84(89)71-67-63-59-55-51-47-43-34-30-26-22-18-14-10-6-2)79-101-105(94,95)99-75-80(87)74-98-104(92,93)100-78-81(76-96-83(88)70-66-62-58-54-50-46-32-28-24-20-16-12-8-4)102-85(90)72-68-64-60-56-52-48-44-35-31-27-23-19-15-11-7-3/h26-27,30-31,34-35,43-44,80-82,87H,5-25,28-29,32-33,36-42,45-79H2,1-4H3,(H,92,93)(H,94,95)/b30-26-,31-27-,43-34-,44-35-/t80-,81+,82+/m0/s1. The van der Waals surface area contributed by atoms with Crippen LogP contribution in [0.15, 0.2) is 48.6 Å². The van der Waals surface area contributed by atoms with Crippen LogP contribution in [0.1, 0.15) is 419 Å². The van der Waals surface area contributed by atoms with E-state index in [1.807, 2.05) is 0 Å². The number of hydrogen-bond acceptors (Lipinski definition) is 15. The van der Waals surface area contributed by atoms with Crippen molar-refractivity contribution in [3.63, 3.8) is 0 Å². The SMILES string of the molecule is CCCCCC/C=C\C=C/CCCCCCCC(=O)OC[C@H](COP(=O)(O)OC[C@@H](O)COP(=O)(O)OC[C@@H](COC(=O)CCCCCCCCCCCCCCC)OC(=O)CCCCCCC/C=C\C=C/CCCCCC)OC(=O)CCCCCCCCCCCCCCCCCCCCCCCC. The van der Waals surface area contributed by atoms with E-state index in [1.165, 1.54) is 218 Å². The third-order valence-electron chi connectivity index (χ3n) is 19.1. The molecule has 0 aliphatic rings. The van der Waals surface area contributed by atoms with Crippen LogP contribution in [0.5, 0.6) is 0 Å². The number of carbonyl (C=O) groups is 4. The number of esters is 4. The lowest BCUT2D eigenvalue weighted by molar-refractivity contribution is -0.161. The molecule has 0 aliphatic heterocycles. The molecule has 5 atom stereocenters. The van der Waals surface area contributed by atoms with Crippen molar-refractivity contribution in [2.75, 3.05) is 39.6 Å². The quantitative estimate of drug-likeness (QED) is 0.0169. The molecule has 2 unspecified atom stereocenters. The van der Waals surface area contributed by atoms with Crippen molar-refractivity contribution < 1.29 is 80.2 Å². The summed E-state index contributed by atoms with van der Waals surface area (Å²) >= 11 is 0. The highest BCUT2D eigenvalue weighted by Crippen LogP contribution is 2.45. The number of unbranched alkanes of at least 4 members (excludes halogenated alkanes) is 51. The number of aliphatic hydroxyl groups is 1. The third-order valence-corrected chi connectivity index (χ3v) is 21.0. The van der Waals surface area contributed by atoms with E-state index >= 15 is 0 Å². The number of carbonyl (C=O) groups excluding carboxylic acids is 4. The highest BCUT2D eigenvalue weighted by molar-refractivity contribution is 7.47. The Hall–Kier alpha value is -2.98. The second-order valence-electron chi connectivity index (χ2n) is 29.6. The zero-order chi connectivity index (χ0) is 76.7. The first-order valence-corrected chi connectivity index (χ1v) is 46.4. The molecule has 0 heterocycles. The molecular weight excluding hydrogens is 1370 g/mol. The summed E-state index contributed by atoms with van der Waals surface area (Å²) in [6.45, 7) is 4.92. The maximum atomic E-state index is 13.1. The highest BCUT2D eigenvalue weighted by Gasteiger charge is 2.30. The Morgan fingerprint density at radius 3 is 0.695 bits per heavy atom. The van der Waals surface area contributed by atoms with Crippen LogP contribution in [-0.4, -0.2) is 96.7 Å². The maximum absolute atomic E-state index is 13.1. The minimum atomic E-state index is -4.98. The van der Waals surface area contributed by atoms with Gasteiger partial charge in [-0.2, -0.15) is 0 Å². The molecule has 19 heteroatoms. The fourth-order valence-corrected chi connectivity index (χ4v) is 14.0. The lowest BCUT2D eigenvalue weighted by Crippen LogP contribution is -2.30. The van der Waals surface area contributed by atoms with E-state index in [9.17, 15) is 43.2 Å². The molecule has 0 saturated heterocycles. The van der Waals surface area contributed by atoms with Crippen LogP contribution in [0.2, 0.25) is 0 Å². The Labute approximate surface area is 642 Å². The lowest BCUT2D eigenvalue weighted by Gasteiger charge is -2.21. The van der Waals surface area contributed by atoms with Crippen molar-refractivity contribution in [1.29, 1.82) is 0 Å². The lowest BCUT2D eigenvalue weighted by atomic mass is 10.0. The summed E-state index contributed by atoms with van der Waals surface area (Å²) in [7, 11) is -9.95. The maximum Gasteiger partial charge on any atom is 0.472 e. The molecule has 0 aromatic carbocycles. The summed E-state index contributed by atoms with van der Waals surface area (Å²) in [6.07, 6.45) is 79.3. The van der Waals surface area contributed by atoms with Gasteiger partial charge < -0.3 is 33.8 Å². The van der Waals surface area contributed by atoms with Crippen molar-refractivity contribution in [3.8, 4) is 0 Å².